The van der Waals surface area contributed by atoms with Crippen molar-refractivity contribution in [3.8, 4) is 0 Å². The van der Waals surface area contributed by atoms with Gasteiger partial charge in [-0.2, -0.15) is 0 Å². The summed E-state index contributed by atoms with van der Waals surface area (Å²) < 4.78 is 0. The number of nitrogens with zero attached hydrogens (tertiary/aromatic N) is 4. The fourth-order valence-corrected chi connectivity index (χ4v) is 2.80. The normalized spacial score (nSPS) is 14.2. The molecule has 1 aliphatic heterocycles. The van der Waals surface area contributed by atoms with Gasteiger partial charge < -0.3 is 20.2 Å². The van der Waals surface area contributed by atoms with Gasteiger partial charge in [0.1, 0.15) is 5.82 Å². The summed E-state index contributed by atoms with van der Waals surface area (Å²) in [7, 11) is 0. The van der Waals surface area contributed by atoms with E-state index in [4.69, 9.17) is 16.7 Å². The van der Waals surface area contributed by atoms with Crippen LogP contribution in [-0.4, -0.2) is 64.6 Å². The average Bonchev–Trinajstić information content (AvgIpc) is 2.67. The largest absolute Gasteiger partial charge is 0.476 e. The summed E-state index contributed by atoms with van der Waals surface area (Å²) >= 11 is 5.91. The highest BCUT2D eigenvalue weighted by atomic mass is 35.5. The number of amides is 1. The number of aromatic carboxylic acids is 1. The molecule has 3 rings (SSSR count). The smallest absolute Gasteiger partial charge is 0.356 e. The van der Waals surface area contributed by atoms with E-state index in [1.54, 1.807) is 4.90 Å². The Labute approximate surface area is 155 Å². The number of hydrogen-bond donors (Lipinski definition) is 2. The Morgan fingerprint density at radius 2 is 1.77 bits per heavy atom. The van der Waals surface area contributed by atoms with Crippen molar-refractivity contribution in [3.05, 3.63) is 47.4 Å². The quantitative estimate of drug-likeness (QED) is 0.818. The standard InChI is InChI=1S/C17H18ClN5O3/c18-12-1-3-13(4-2-12)22-5-7-23(8-6-22)16(24)11-21-15-10-19-14(9-20-15)17(25)26/h1-4,9-10H,5-8,11H2,(H,20,21)(H,25,26). The maximum absolute atomic E-state index is 12.3. The summed E-state index contributed by atoms with van der Waals surface area (Å²) in [6.45, 7) is 2.85. The molecule has 1 saturated heterocycles. The minimum absolute atomic E-state index is 0.0372. The van der Waals surface area contributed by atoms with Crippen molar-refractivity contribution in [3.63, 3.8) is 0 Å². The Hall–Kier alpha value is -2.87. The number of carboxylic acids is 1. The first-order chi connectivity index (χ1) is 12.5. The molecule has 2 heterocycles. The van der Waals surface area contributed by atoms with Gasteiger partial charge in [0.25, 0.3) is 0 Å². The molecule has 1 aromatic heterocycles. The van der Waals surface area contributed by atoms with Crippen molar-refractivity contribution < 1.29 is 14.7 Å². The number of halogens is 1. The molecule has 1 amide bonds. The molecule has 136 valence electrons. The van der Waals surface area contributed by atoms with Crippen LogP contribution in [0.3, 0.4) is 0 Å². The zero-order valence-electron chi connectivity index (χ0n) is 13.9. The Balaban J connectivity index is 1.47. The van der Waals surface area contributed by atoms with E-state index in [1.807, 2.05) is 24.3 Å². The minimum atomic E-state index is -1.14. The summed E-state index contributed by atoms with van der Waals surface area (Å²) in [6, 6.07) is 7.66. The van der Waals surface area contributed by atoms with E-state index in [1.165, 1.54) is 6.20 Å². The second-order valence-electron chi connectivity index (χ2n) is 5.79. The van der Waals surface area contributed by atoms with E-state index in [-0.39, 0.29) is 18.1 Å². The lowest BCUT2D eigenvalue weighted by Gasteiger charge is -2.36. The molecule has 9 heteroatoms. The third-order valence-electron chi connectivity index (χ3n) is 4.12. The highest BCUT2D eigenvalue weighted by Gasteiger charge is 2.21. The number of aromatic nitrogens is 2. The number of nitrogens with one attached hydrogen (secondary N) is 1. The van der Waals surface area contributed by atoms with Crippen LogP contribution >= 0.6 is 11.6 Å². The highest BCUT2D eigenvalue weighted by molar-refractivity contribution is 6.30. The van der Waals surface area contributed by atoms with E-state index in [2.05, 4.69) is 20.2 Å². The predicted molar refractivity (Wildman–Crippen MR) is 97.7 cm³/mol. The van der Waals surface area contributed by atoms with E-state index in [0.29, 0.717) is 23.9 Å². The third kappa shape index (κ3) is 4.40. The monoisotopic (exact) mass is 375 g/mol. The highest BCUT2D eigenvalue weighted by Crippen LogP contribution is 2.19. The van der Waals surface area contributed by atoms with Crippen LogP contribution in [0.1, 0.15) is 10.5 Å². The molecule has 0 bridgehead atoms. The van der Waals surface area contributed by atoms with Gasteiger partial charge in [0, 0.05) is 36.9 Å². The molecular weight excluding hydrogens is 358 g/mol. The van der Waals surface area contributed by atoms with E-state index >= 15 is 0 Å². The van der Waals surface area contributed by atoms with Gasteiger partial charge >= 0.3 is 5.97 Å². The number of rotatable bonds is 5. The van der Waals surface area contributed by atoms with Crippen LogP contribution in [0, 0.1) is 0 Å². The molecule has 1 aliphatic rings. The fourth-order valence-electron chi connectivity index (χ4n) is 2.67. The number of piperazine rings is 1. The van der Waals surface area contributed by atoms with Gasteiger partial charge in [-0.25, -0.2) is 14.8 Å². The number of anilines is 2. The average molecular weight is 376 g/mol. The number of carboxylic acid groups (broad SMARTS) is 1. The Morgan fingerprint density at radius 3 is 2.35 bits per heavy atom. The Morgan fingerprint density at radius 1 is 1.08 bits per heavy atom. The molecule has 2 N–H and O–H groups in total. The van der Waals surface area contributed by atoms with Crippen molar-refractivity contribution in [2.24, 2.45) is 0 Å². The van der Waals surface area contributed by atoms with Crippen molar-refractivity contribution in [1.29, 1.82) is 0 Å². The lowest BCUT2D eigenvalue weighted by atomic mass is 10.2. The first-order valence-corrected chi connectivity index (χ1v) is 8.48. The first-order valence-electron chi connectivity index (χ1n) is 8.10. The summed E-state index contributed by atoms with van der Waals surface area (Å²) in [5, 5.41) is 12.4. The first kappa shape index (κ1) is 17.9. The van der Waals surface area contributed by atoms with E-state index in [0.717, 1.165) is 25.0 Å². The number of benzene rings is 1. The molecule has 0 spiro atoms. The molecule has 0 atom stereocenters. The van der Waals surface area contributed by atoms with Crippen LogP contribution < -0.4 is 10.2 Å². The van der Waals surface area contributed by atoms with Crippen molar-refractivity contribution >= 4 is 35.0 Å². The molecule has 0 aliphatic carbocycles. The van der Waals surface area contributed by atoms with Crippen molar-refractivity contribution in [2.45, 2.75) is 0 Å². The van der Waals surface area contributed by atoms with Crippen molar-refractivity contribution in [1.82, 2.24) is 14.9 Å². The minimum Gasteiger partial charge on any atom is -0.476 e. The van der Waals surface area contributed by atoms with Gasteiger partial charge in [-0.1, -0.05) is 11.6 Å². The van der Waals surface area contributed by atoms with Gasteiger partial charge in [-0.3, -0.25) is 4.79 Å². The number of carbonyl (C=O) groups excluding carboxylic acids is 1. The summed E-state index contributed by atoms with van der Waals surface area (Å²) in [4.78, 5) is 34.7. The second kappa shape index (κ2) is 8.01. The molecule has 1 fully saturated rings. The van der Waals surface area contributed by atoms with Crippen molar-refractivity contribution in [2.75, 3.05) is 42.9 Å². The lowest BCUT2D eigenvalue weighted by molar-refractivity contribution is -0.129. The molecular formula is C17H18ClN5O3. The van der Waals surface area contributed by atoms with Gasteiger partial charge in [-0.05, 0) is 24.3 Å². The number of hydrogen-bond acceptors (Lipinski definition) is 6. The van der Waals surface area contributed by atoms with Crippen LogP contribution in [0.5, 0.6) is 0 Å². The summed E-state index contributed by atoms with van der Waals surface area (Å²) in [5.74, 6) is -0.813. The third-order valence-corrected chi connectivity index (χ3v) is 4.37. The predicted octanol–water partition coefficient (Wildman–Crippen LogP) is 1.59. The lowest BCUT2D eigenvalue weighted by Crippen LogP contribution is -2.50. The Kier molecular flexibility index (Phi) is 5.52. The molecule has 0 unspecified atom stereocenters. The molecule has 2 aromatic rings. The van der Waals surface area contributed by atoms with Crippen LogP contribution in [0.2, 0.25) is 5.02 Å². The van der Waals surface area contributed by atoms with Crippen LogP contribution in [0.4, 0.5) is 11.5 Å². The molecule has 26 heavy (non-hydrogen) atoms. The second-order valence-corrected chi connectivity index (χ2v) is 6.23. The van der Waals surface area contributed by atoms with E-state index < -0.39 is 5.97 Å². The summed E-state index contributed by atoms with van der Waals surface area (Å²) in [6.07, 6.45) is 2.45. The SMILES string of the molecule is O=C(O)c1cnc(NCC(=O)N2CCN(c3ccc(Cl)cc3)CC2)cn1. The maximum atomic E-state index is 12.3. The molecule has 0 saturated carbocycles. The molecule has 0 radical (unpaired) electrons. The fraction of sp³-hybridized carbons (Fsp3) is 0.294. The van der Waals surface area contributed by atoms with Gasteiger partial charge in [-0.15, -0.1) is 0 Å². The van der Waals surface area contributed by atoms with Crippen LogP contribution in [-0.2, 0) is 4.79 Å². The maximum Gasteiger partial charge on any atom is 0.356 e. The molecule has 8 nitrogen and oxygen atoms in total. The van der Waals surface area contributed by atoms with Gasteiger partial charge in [0.05, 0.1) is 18.9 Å². The topological polar surface area (TPSA) is 98.7 Å². The number of carbonyl (C=O) groups is 2. The van der Waals surface area contributed by atoms with Gasteiger partial charge in [0.2, 0.25) is 5.91 Å². The van der Waals surface area contributed by atoms with Crippen LogP contribution in [0.15, 0.2) is 36.7 Å². The zero-order chi connectivity index (χ0) is 18.5. The van der Waals surface area contributed by atoms with Gasteiger partial charge in [0.15, 0.2) is 5.69 Å². The summed E-state index contributed by atoms with van der Waals surface area (Å²) in [5.41, 5.74) is 0.952. The zero-order valence-corrected chi connectivity index (χ0v) is 14.7. The Bertz CT molecular complexity index is 774. The molecule has 1 aromatic carbocycles. The van der Waals surface area contributed by atoms with E-state index in [9.17, 15) is 9.59 Å². The van der Waals surface area contributed by atoms with Crippen LogP contribution in [0.25, 0.3) is 0 Å².